The number of nitrogens with zero attached hydrogens (tertiary/aromatic N) is 1. The van der Waals surface area contributed by atoms with E-state index in [1.54, 1.807) is 0 Å². The Morgan fingerprint density at radius 2 is 2.00 bits per heavy atom. The van der Waals surface area contributed by atoms with Gasteiger partial charge in [0.15, 0.2) is 11.5 Å². The first-order chi connectivity index (χ1) is 5.16. The molecule has 1 aromatic carbocycles. The van der Waals surface area contributed by atoms with Gasteiger partial charge in [-0.1, -0.05) is 0 Å². The van der Waals surface area contributed by atoms with E-state index in [4.69, 9.17) is 15.5 Å². The standard InChI is InChI=1S/C7H4FNO2/c8-5-1-2-6(10)7(11)4(5)3-9/h1-2,10-11H. The van der Waals surface area contributed by atoms with E-state index in [0.717, 1.165) is 12.1 Å². The molecule has 0 aromatic heterocycles. The maximum atomic E-state index is 12.5. The van der Waals surface area contributed by atoms with Crippen molar-refractivity contribution in [1.82, 2.24) is 0 Å². The van der Waals surface area contributed by atoms with Crippen molar-refractivity contribution in [3.8, 4) is 17.6 Å². The Balaban J connectivity index is 3.44. The molecule has 0 aliphatic heterocycles. The fraction of sp³-hybridized carbons (Fsp3) is 0. The number of aromatic hydroxyl groups is 2. The minimum atomic E-state index is -0.845. The molecule has 2 N–H and O–H groups in total. The van der Waals surface area contributed by atoms with Crippen molar-refractivity contribution in [2.24, 2.45) is 0 Å². The zero-order valence-electron chi connectivity index (χ0n) is 5.37. The second-order valence-corrected chi connectivity index (χ2v) is 1.90. The van der Waals surface area contributed by atoms with Crippen LogP contribution in [0.15, 0.2) is 12.1 Å². The number of benzene rings is 1. The maximum Gasteiger partial charge on any atom is 0.178 e. The quantitative estimate of drug-likeness (QED) is 0.548. The summed E-state index contributed by atoms with van der Waals surface area (Å²) in [5.74, 6) is -2.06. The molecular weight excluding hydrogens is 149 g/mol. The molecule has 0 spiro atoms. The van der Waals surface area contributed by atoms with Crippen molar-refractivity contribution in [3.63, 3.8) is 0 Å². The van der Waals surface area contributed by atoms with Gasteiger partial charge in [-0.05, 0) is 12.1 Å². The molecule has 4 heteroatoms. The maximum absolute atomic E-state index is 12.5. The molecule has 1 rings (SSSR count). The van der Waals surface area contributed by atoms with E-state index in [0.29, 0.717) is 0 Å². The Labute approximate surface area is 61.9 Å². The SMILES string of the molecule is N#Cc1c(F)ccc(O)c1O. The number of hydrogen-bond donors (Lipinski definition) is 2. The highest BCUT2D eigenvalue weighted by Gasteiger charge is 2.10. The number of hydrogen-bond acceptors (Lipinski definition) is 3. The summed E-state index contributed by atoms with van der Waals surface area (Å²) < 4.78 is 12.5. The van der Waals surface area contributed by atoms with Gasteiger partial charge in [0.2, 0.25) is 0 Å². The van der Waals surface area contributed by atoms with Gasteiger partial charge in [0.25, 0.3) is 0 Å². The van der Waals surface area contributed by atoms with Crippen LogP contribution in [0.25, 0.3) is 0 Å². The normalized spacial score (nSPS) is 9.09. The van der Waals surface area contributed by atoms with Crippen molar-refractivity contribution in [2.75, 3.05) is 0 Å². The lowest BCUT2D eigenvalue weighted by Gasteiger charge is -1.98. The molecule has 0 saturated carbocycles. The van der Waals surface area contributed by atoms with E-state index in [2.05, 4.69) is 0 Å². The lowest BCUT2D eigenvalue weighted by Crippen LogP contribution is -1.83. The molecule has 0 saturated heterocycles. The van der Waals surface area contributed by atoms with Crippen LogP contribution in [0.5, 0.6) is 11.5 Å². The summed E-state index contributed by atoms with van der Waals surface area (Å²) in [5.41, 5.74) is -0.537. The Morgan fingerprint density at radius 3 is 2.45 bits per heavy atom. The highest BCUT2D eigenvalue weighted by Crippen LogP contribution is 2.29. The highest BCUT2D eigenvalue weighted by molar-refractivity contribution is 5.51. The van der Waals surface area contributed by atoms with Crippen LogP contribution in [0.3, 0.4) is 0 Å². The predicted octanol–water partition coefficient (Wildman–Crippen LogP) is 1.11. The van der Waals surface area contributed by atoms with Crippen LogP contribution in [0.2, 0.25) is 0 Å². The van der Waals surface area contributed by atoms with E-state index in [1.165, 1.54) is 6.07 Å². The molecule has 0 amide bonds. The number of nitriles is 1. The van der Waals surface area contributed by atoms with Crippen LogP contribution in [0.4, 0.5) is 4.39 Å². The van der Waals surface area contributed by atoms with Crippen molar-refractivity contribution in [3.05, 3.63) is 23.5 Å². The molecule has 0 heterocycles. The zero-order valence-corrected chi connectivity index (χ0v) is 5.37. The van der Waals surface area contributed by atoms with E-state index in [-0.39, 0.29) is 0 Å². The molecule has 0 bridgehead atoms. The third kappa shape index (κ3) is 1.08. The fourth-order valence-corrected chi connectivity index (χ4v) is 0.662. The van der Waals surface area contributed by atoms with Crippen molar-refractivity contribution in [2.45, 2.75) is 0 Å². The van der Waals surface area contributed by atoms with Crippen LogP contribution in [-0.2, 0) is 0 Å². The lowest BCUT2D eigenvalue weighted by atomic mass is 10.2. The second-order valence-electron chi connectivity index (χ2n) is 1.90. The van der Waals surface area contributed by atoms with Gasteiger partial charge >= 0.3 is 0 Å². The van der Waals surface area contributed by atoms with Crippen LogP contribution >= 0.6 is 0 Å². The van der Waals surface area contributed by atoms with Gasteiger partial charge in [0.1, 0.15) is 17.4 Å². The summed E-state index contributed by atoms with van der Waals surface area (Å²) in [6.07, 6.45) is 0. The minimum absolute atomic E-state index is 0.497. The first-order valence-corrected chi connectivity index (χ1v) is 2.77. The average molecular weight is 153 g/mol. The van der Waals surface area contributed by atoms with Gasteiger partial charge < -0.3 is 10.2 Å². The van der Waals surface area contributed by atoms with Crippen LogP contribution < -0.4 is 0 Å². The van der Waals surface area contributed by atoms with Crippen LogP contribution in [-0.4, -0.2) is 10.2 Å². The Kier molecular flexibility index (Phi) is 1.65. The molecule has 0 fully saturated rings. The summed E-state index contributed by atoms with van der Waals surface area (Å²) in [7, 11) is 0. The summed E-state index contributed by atoms with van der Waals surface area (Å²) in [6, 6.07) is 3.31. The first-order valence-electron chi connectivity index (χ1n) is 2.77. The molecular formula is C7H4FNO2. The Bertz CT molecular complexity index is 330. The molecule has 1 aromatic rings. The van der Waals surface area contributed by atoms with Gasteiger partial charge in [-0.25, -0.2) is 4.39 Å². The summed E-state index contributed by atoms with van der Waals surface area (Å²) in [4.78, 5) is 0. The summed E-state index contributed by atoms with van der Waals surface area (Å²) in [6.45, 7) is 0. The summed E-state index contributed by atoms with van der Waals surface area (Å²) >= 11 is 0. The van der Waals surface area contributed by atoms with E-state index < -0.39 is 22.9 Å². The van der Waals surface area contributed by atoms with Crippen molar-refractivity contribution >= 4 is 0 Å². The summed E-state index contributed by atoms with van der Waals surface area (Å²) in [5, 5.41) is 25.9. The van der Waals surface area contributed by atoms with E-state index in [9.17, 15) is 4.39 Å². The Hall–Kier alpha value is -1.76. The molecule has 0 aliphatic carbocycles. The van der Waals surface area contributed by atoms with Crippen molar-refractivity contribution in [1.29, 1.82) is 5.26 Å². The zero-order chi connectivity index (χ0) is 8.43. The monoisotopic (exact) mass is 153 g/mol. The molecule has 3 nitrogen and oxygen atoms in total. The minimum Gasteiger partial charge on any atom is -0.504 e. The first kappa shape index (κ1) is 7.35. The largest absolute Gasteiger partial charge is 0.504 e. The number of phenolic OH excluding ortho intramolecular Hbond substituents is 2. The van der Waals surface area contributed by atoms with Gasteiger partial charge in [-0.2, -0.15) is 5.26 Å². The van der Waals surface area contributed by atoms with Gasteiger partial charge in [-0.15, -0.1) is 0 Å². The lowest BCUT2D eigenvalue weighted by molar-refractivity contribution is 0.398. The van der Waals surface area contributed by atoms with E-state index in [1.807, 2.05) is 0 Å². The topological polar surface area (TPSA) is 64.2 Å². The fourth-order valence-electron chi connectivity index (χ4n) is 0.662. The molecule has 11 heavy (non-hydrogen) atoms. The third-order valence-corrected chi connectivity index (χ3v) is 1.22. The van der Waals surface area contributed by atoms with E-state index >= 15 is 0 Å². The third-order valence-electron chi connectivity index (χ3n) is 1.22. The number of halogens is 1. The predicted molar refractivity (Wildman–Crippen MR) is 34.4 cm³/mol. The van der Waals surface area contributed by atoms with Crippen LogP contribution in [0.1, 0.15) is 5.56 Å². The van der Waals surface area contributed by atoms with Gasteiger partial charge in [0.05, 0.1) is 0 Å². The Morgan fingerprint density at radius 1 is 1.36 bits per heavy atom. The highest BCUT2D eigenvalue weighted by atomic mass is 19.1. The smallest absolute Gasteiger partial charge is 0.178 e. The molecule has 56 valence electrons. The average Bonchev–Trinajstić information content (AvgIpc) is 1.99. The van der Waals surface area contributed by atoms with Crippen molar-refractivity contribution < 1.29 is 14.6 Å². The van der Waals surface area contributed by atoms with Gasteiger partial charge in [-0.3, -0.25) is 0 Å². The second kappa shape index (κ2) is 2.46. The molecule has 0 atom stereocenters. The molecule has 0 radical (unpaired) electrons. The molecule has 0 unspecified atom stereocenters. The molecule has 0 aliphatic rings. The number of rotatable bonds is 0. The van der Waals surface area contributed by atoms with Gasteiger partial charge in [0, 0.05) is 0 Å². The van der Waals surface area contributed by atoms with Crippen LogP contribution in [0, 0.1) is 17.1 Å². The number of phenols is 2.